The molecule has 1 aromatic carbocycles. The normalized spacial score (nSPS) is 20.0. The zero-order valence-electron chi connectivity index (χ0n) is 15.5. The molecule has 1 aromatic rings. The van der Waals surface area contributed by atoms with Crippen LogP contribution in [0.2, 0.25) is 0 Å². The molecule has 140 valence electrons. The van der Waals surface area contributed by atoms with Crippen LogP contribution in [0.4, 0.5) is 0 Å². The van der Waals surface area contributed by atoms with Crippen molar-refractivity contribution in [2.24, 2.45) is 0 Å². The Morgan fingerprint density at radius 3 is 2.77 bits per heavy atom. The number of ether oxygens (including phenoxy) is 1. The summed E-state index contributed by atoms with van der Waals surface area (Å²) in [4.78, 5) is 26.3. The molecular weight excluding hydrogens is 328 g/mol. The molecule has 3 rings (SSSR count). The van der Waals surface area contributed by atoms with Crippen LogP contribution in [-0.4, -0.2) is 43.0 Å². The van der Waals surface area contributed by atoms with Crippen LogP contribution in [0, 0.1) is 0 Å². The molecule has 1 heterocycles. The third-order valence-electron chi connectivity index (χ3n) is 5.18. The molecule has 1 atom stereocenters. The zero-order chi connectivity index (χ0) is 18.4. The molecular formula is C21H28N2O3. The van der Waals surface area contributed by atoms with Gasteiger partial charge >= 0.3 is 0 Å². The molecule has 2 aliphatic rings. The Balaban J connectivity index is 1.43. The number of carbonyl (C=O) groups excluding carboxylic acids is 2. The summed E-state index contributed by atoms with van der Waals surface area (Å²) in [6.07, 6.45) is 8.43. The van der Waals surface area contributed by atoms with E-state index >= 15 is 0 Å². The van der Waals surface area contributed by atoms with Crippen LogP contribution in [0.5, 0.6) is 5.75 Å². The lowest BCUT2D eigenvalue weighted by Gasteiger charge is -2.18. The maximum absolute atomic E-state index is 12.2. The van der Waals surface area contributed by atoms with E-state index in [1.54, 1.807) is 7.11 Å². The van der Waals surface area contributed by atoms with Gasteiger partial charge in [0.2, 0.25) is 11.8 Å². The first-order valence-corrected chi connectivity index (χ1v) is 9.52. The Labute approximate surface area is 155 Å². The molecule has 0 spiro atoms. The van der Waals surface area contributed by atoms with E-state index in [4.69, 9.17) is 4.74 Å². The van der Waals surface area contributed by atoms with Gasteiger partial charge in [-0.3, -0.25) is 9.59 Å². The number of hydrogen-bond acceptors (Lipinski definition) is 3. The van der Waals surface area contributed by atoms with Gasteiger partial charge in [-0.15, -0.1) is 0 Å². The van der Waals surface area contributed by atoms with E-state index in [2.05, 4.69) is 11.4 Å². The molecule has 0 unspecified atom stereocenters. The number of rotatable bonds is 7. The third-order valence-corrected chi connectivity index (χ3v) is 5.18. The van der Waals surface area contributed by atoms with Crippen LogP contribution in [0.15, 0.2) is 35.9 Å². The standard InChI is InChI=1S/C21H28N2O3/c1-26-19-9-7-16(8-10-19)11-12-23-15-18(14-21(23)25)22-20(24)13-17-5-3-2-4-6-17/h5,7-10,18H,2-4,6,11-15H2,1H3,(H,22,24)/t18-/m0/s1. The predicted molar refractivity (Wildman–Crippen MR) is 101 cm³/mol. The summed E-state index contributed by atoms with van der Waals surface area (Å²) in [5.74, 6) is 1.01. The number of carbonyl (C=O) groups is 2. The quantitative estimate of drug-likeness (QED) is 0.764. The van der Waals surface area contributed by atoms with E-state index in [9.17, 15) is 9.59 Å². The lowest BCUT2D eigenvalue weighted by Crippen LogP contribution is -2.37. The molecule has 5 heteroatoms. The van der Waals surface area contributed by atoms with Crippen molar-refractivity contribution in [1.82, 2.24) is 10.2 Å². The second-order valence-corrected chi connectivity index (χ2v) is 7.19. The molecule has 2 amide bonds. The van der Waals surface area contributed by atoms with Gasteiger partial charge in [0.25, 0.3) is 0 Å². The van der Waals surface area contributed by atoms with Gasteiger partial charge in [-0.2, -0.15) is 0 Å². The molecule has 1 aliphatic heterocycles. The summed E-state index contributed by atoms with van der Waals surface area (Å²) in [5.41, 5.74) is 2.42. The number of nitrogens with one attached hydrogen (secondary N) is 1. The molecule has 0 aromatic heterocycles. The van der Waals surface area contributed by atoms with Crippen molar-refractivity contribution in [2.45, 2.75) is 51.0 Å². The average molecular weight is 356 g/mol. The van der Waals surface area contributed by atoms with Crippen molar-refractivity contribution in [3.05, 3.63) is 41.5 Å². The second kappa shape index (κ2) is 8.88. The fourth-order valence-electron chi connectivity index (χ4n) is 3.69. The van der Waals surface area contributed by atoms with Gasteiger partial charge in [0.05, 0.1) is 13.2 Å². The molecule has 0 bridgehead atoms. The monoisotopic (exact) mass is 356 g/mol. The number of likely N-dealkylation sites (tertiary alicyclic amines) is 1. The Bertz CT molecular complexity index is 666. The van der Waals surface area contributed by atoms with E-state index in [1.165, 1.54) is 24.0 Å². The Morgan fingerprint density at radius 2 is 2.08 bits per heavy atom. The summed E-state index contributed by atoms with van der Waals surface area (Å²) in [6.45, 7) is 1.29. The van der Waals surface area contributed by atoms with Crippen LogP contribution in [0.1, 0.15) is 44.1 Å². The Kier molecular flexibility index (Phi) is 6.31. The van der Waals surface area contributed by atoms with E-state index in [0.717, 1.165) is 25.0 Å². The Hall–Kier alpha value is -2.30. The van der Waals surface area contributed by atoms with Crippen molar-refractivity contribution in [3.63, 3.8) is 0 Å². The zero-order valence-corrected chi connectivity index (χ0v) is 15.5. The van der Waals surface area contributed by atoms with Gasteiger partial charge in [-0.25, -0.2) is 0 Å². The average Bonchev–Trinajstić information content (AvgIpc) is 3.00. The molecule has 1 saturated heterocycles. The SMILES string of the molecule is COc1ccc(CCN2C[C@@H](NC(=O)CC3=CCCCC3)CC2=O)cc1. The topological polar surface area (TPSA) is 58.6 Å². The summed E-state index contributed by atoms with van der Waals surface area (Å²) >= 11 is 0. The maximum Gasteiger partial charge on any atom is 0.224 e. The van der Waals surface area contributed by atoms with Gasteiger partial charge in [0.1, 0.15) is 5.75 Å². The van der Waals surface area contributed by atoms with Crippen LogP contribution < -0.4 is 10.1 Å². The van der Waals surface area contributed by atoms with Gasteiger partial charge in [-0.05, 0) is 49.8 Å². The molecule has 0 radical (unpaired) electrons. The molecule has 1 fully saturated rings. The molecule has 0 saturated carbocycles. The highest BCUT2D eigenvalue weighted by atomic mass is 16.5. The minimum absolute atomic E-state index is 0.0490. The molecule has 1 N–H and O–H groups in total. The molecule has 26 heavy (non-hydrogen) atoms. The number of allylic oxidation sites excluding steroid dienone is 1. The summed E-state index contributed by atoms with van der Waals surface area (Å²) in [6, 6.07) is 7.86. The van der Waals surface area contributed by atoms with Gasteiger partial charge in [0.15, 0.2) is 0 Å². The fraction of sp³-hybridized carbons (Fsp3) is 0.524. The summed E-state index contributed by atoms with van der Waals surface area (Å²) in [7, 11) is 1.65. The number of amides is 2. The fourth-order valence-corrected chi connectivity index (χ4v) is 3.69. The number of benzene rings is 1. The van der Waals surface area contributed by atoms with Crippen molar-refractivity contribution < 1.29 is 14.3 Å². The number of methoxy groups -OCH3 is 1. The van der Waals surface area contributed by atoms with Crippen LogP contribution in [0.25, 0.3) is 0 Å². The first kappa shape index (κ1) is 18.5. The van der Waals surface area contributed by atoms with Crippen molar-refractivity contribution in [1.29, 1.82) is 0 Å². The minimum Gasteiger partial charge on any atom is -0.497 e. The lowest BCUT2D eigenvalue weighted by atomic mass is 9.97. The van der Waals surface area contributed by atoms with Gasteiger partial charge in [-0.1, -0.05) is 23.8 Å². The second-order valence-electron chi connectivity index (χ2n) is 7.19. The number of hydrogen-bond donors (Lipinski definition) is 1. The minimum atomic E-state index is -0.0601. The molecule has 5 nitrogen and oxygen atoms in total. The number of nitrogens with zero attached hydrogens (tertiary/aromatic N) is 1. The largest absolute Gasteiger partial charge is 0.497 e. The van der Waals surface area contributed by atoms with Crippen molar-refractivity contribution in [3.8, 4) is 5.75 Å². The highest BCUT2D eigenvalue weighted by Gasteiger charge is 2.30. The van der Waals surface area contributed by atoms with Crippen molar-refractivity contribution >= 4 is 11.8 Å². The summed E-state index contributed by atoms with van der Waals surface area (Å²) < 4.78 is 5.16. The first-order valence-electron chi connectivity index (χ1n) is 9.52. The smallest absolute Gasteiger partial charge is 0.224 e. The van der Waals surface area contributed by atoms with Gasteiger partial charge in [0, 0.05) is 25.9 Å². The highest BCUT2D eigenvalue weighted by Crippen LogP contribution is 2.20. The van der Waals surface area contributed by atoms with Gasteiger partial charge < -0.3 is 15.0 Å². The molecule has 1 aliphatic carbocycles. The highest BCUT2D eigenvalue weighted by molar-refractivity contribution is 5.83. The predicted octanol–water partition coefficient (Wildman–Crippen LogP) is 2.85. The van der Waals surface area contributed by atoms with Crippen LogP contribution >= 0.6 is 0 Å². The van der Waals surface area contributed by atoms with Crippen LogP contribution in [0.3, 0.4) is 0 Å². The van der Waals surface area contributed by atoms with E-state index < -0.39 is 0 Å². The maximum atomic E-state index is 12.2. The van der Waals surface area contributed by atoms with Crippen LogP contribution in [-0.2, 0) is 16.0 Å². The van der Waals surface area contributed by atoms with E-state index in [1.807, 2.05) is 29.2 Å². The summed E-state index contributed by atoms with van der Waals surface area (Å²) in [5, 5.41) is 3.04. The third kappa shape index (κ3) is 5.10. The first-order chi connectivity index (χ1) is 12.6. The Morgan fingerprint density at radius 1 is 1.27 bits per heavy atom. The van der Waals surface area contributed by atoms with E-state index in [0.29, 0.717) is 25.9 Å². The lowest BCUT2D eigenvalue weighted by molar-refractivity contribution is -0.127. The van der Waals surface area contributed by atoms with E-state index in [-0.39, 0.29) is 17.9 Å². The van der Waals surface area contributed by atoms with Crippen molar-refractivity contribution in [2.75, 3.05) is 20.2 Å².